The molecule has 0 amide bonds. The Balaban J connectivity index is 1.54. The number of aliphatic hydroxyl groups excluding tert-OH is 1. The van der Waals surface area contributed by atoms with Crippen LogP contribution in [0.15, 0.2) is 11.6 Å². The van der Waals surface area contributed by atoms with Crippen LogP contribution in [0.25, 0.3) is 0 Å². The second kappa shape index (κ2) is 3.96. The Morgan fingerprint density at radius 1 is 1.05 bits per heavy atom. The molecule has 4 fully saturated rings. The van der Waals surface area contributed by atoms with Crippen LogP contribution in [0.4, 0.5) is 0 Å². The molecule has 6 aliphatic carbocycles. The zero-order valence-corrected chi connectivity index (χ0v) is 13.6. The third kappa shape index (κ3) is 1.43. The van der Waals surface area contributed by atoms with Gasteiger partial charge in [-0.05, 0) is 91.8 Å². The Bertz CT molecular complexity index is 502. The van der Waals surface area contributed by atoms with Crippen LogP contribution >= 0.6 is 0 Å². The fourth-order valence-corrected chi connectivity index (χ4v) is 7.64. The van der Waals surface area contributed by atoms with E-state index in [2.05, 4.69) is 19.9 Å². The summed E-state index contributed by atoms with van der Waals surface area (Å²) in [5.41, 5.74) is 2.63. The van der Waals surface area contributed by atoms with E-state index in [1.54, 1.807) is 0 Å². The molecule has 0 aliphatic heterocycles. The number of rotatable bonds is 0. The number of fused-ring (bicyclic) bond motifs is 3. The van der Waals surface area contributed by atoms with E-state index in [9.17, 15) is 5.11 Å². The smallest absolute Gasteiger partial charge is 0.0596 e. The normalized spacial score (nSPS) is 61.2. The summed E-state index contributed by atoms with van der Waals surface area (Å²) in [4.78, 5) is 0. The first-order chi connectivity index (χ1) is 10.0. The third-order valence-corrected chi connectivity index (χ3v) is 9.06. The molecule has 2 bridgehead atoms. The summed E-state index contributed by atoms with van der Waals surface area (Å²) >= 11 is 0. The largest absolute Gasteiger partial charge is 0.393 e. The van der Waals surface area contributed by atoms with Crippen molar-refractivity contribution >= 4 is 0 Å². The van der Waals surface area contributed by atoms with E-state index in [-0.39, 0.29) is 11.5 Å². The lowest BCUT2D eigenvalue weighted by molar-refractivity contribution is -0.105. The highest BCUT2D eigenvalue weighted by Crippen LogP contribution is 2.69. The number of allylic oxidation sites excluding steroid dienone is 2. The maximum Gasteiger partial charge on any atom is 0.0596 e. The minimum Gasteiger partial charge on any atom is -0.393 e. The third-order valence-electron chi connectivity index (χ3n) is 9.06. The van der Waals surface area contributed by atoms with Gasteiger partial charge in [-0.25, -0.2) is 0 Å². The lowest BCUT2D eigenvalue weighted by Crippen LogP contribution is -2.56. The minimum absolute atomic E-state index is 0.0207. The van der Waals surface area contributed by atoms with E-state index < -0.39 is 0 Å². The molecule has 1 nitrogen and oxygen atoms in total. The fourth-order valence-electron chi connectivity index (χ4n) is 7.64. The van der Waals surface area contributed by atoms with Gasteiger partial charge in [0.2, 0.25) is 0 Å². The van der Waals surface area contributed by atoms with Crippen LogP contribution in [-0.2, 0) is 0 Å². The summed E-state index contributed by atoms with van der Waals surface area (Å²) in [5, 5.41) is 10.5. The van der Waals surface area contributed by atoms with Gasteiger partial charge in [0.1, 0.15) is 0 Å². The molecule has 0 unspecified atom stereocenters. The quantitative estimate of drug-likeness (QED) is 0.647. The standard InChI is InChI=1S/C20H30O/c1-19-8-7-17-15(16(19)5-6-18(19)21)4-3-13-9-12-10-14(11-12)20(13,17)2/h9,12,14-18,21H,3-8,10-11H2,1-2H3/t12?,14?,15-,16-,17-,18-,19-,20+/m0/s1. The highest BCUT2D eigenvalue weighted by atomic mass is 16.3. The van der Waals surface area contributed by atoms with Gasteiger partial charge in [-0.2, -0.15) is 0 Å². The lowest BCUT2D eigenvalue weighted by atomic mass is 9.41. The van der Waals surface area contributed by atoms with Gasteiger partial charge >= 0.3 is 0 Å². The molecule has 0 spiro atoms. The number of hydrogen-bond acceptors (Lipinski definition) is 1. The van der Waals surface area contributed by atoms with Crippen molar-refractivity contribution in [1.29, 1.82) is 0 Å². The molecule has 0 aromatic carbocycles. The van der Waals surface area contributed by atoms with E-state index in [1.807, 2.05) is 5.57 Å². The van der Waals surface area contributed by atoms with Gasteiger partial charge in [-0.3, -0.25) is 0 Å². The van der Waals surface area contributed by atoms with Gasteiger partial charge in [-0.15, -0.1) is 0 Å². The first kappa shape index (κ1) is 13.2. The first-order valence-corrected chi connectivity index (χ1v) is 9.42. The Morgan fingerprint density at radius 2 is 1.86 bits per heavy atom. The first-order valence-electron chi connectivity index (χ1n) is 9.42. The molecule has 0 aromatic rings. The topological polar surface area (TPSA) is 20.2 Å². The van der Waals surface area contributed by atoms with Crippen molar-refractivity contribution < 1.29 is 5.11 Å². The monoisotopic (exact) mass is 286 g/mol. The predicted octanol–water partition coefficient (Wildman–Crippen LogP) is 4.56. The van der Waals surface area contributed by atoms with Crippen molar-refractivity contribution in [1.82, 2.24) is 0 Å². The predicted molar refractivity (Wildman–Crippen MR) is 84.7 cm³/mol. The van der Waals surface area contributed by atoms with Gasteiger partial charge in [-0.1, -0.05) is 25.5 Å². The maximum absolute atomic E-state index is 10.5. The molecule has 4 saturated carbocycles. The second-order valence-corrected chi connectivity index (χ2v) is 9.46. The molecule has 0 radical (unpaired) electrons. The molecular weight excluding hydrogens is 256 g/mol. The van der Waals surface area contributed by atoms with E-state index in [0.717, 1.165) is 36.0 Å². The Kier molecular flexibility index (Phi) is 2.48. The molecule has 0 heterocycles. The molecule has 21 heavy (non-hydrogen) atoms. The van der Waals surface area contributed by atoms with Gasteiger partial charge in [0.25, 0.3) is 0 Å². The average Bonchev–Trinajstić information content (AvgIpc) is 2.72. The summed E-state index contributed by atoms with van der Waals surface area (Å²) in [5.74, 6) is 4.57. The highest BCUT2D eigenvalue weighted by Gasteiger charge is 2.62. The van der Waals surface area contributed by atoms with Crippen molar-refractivity contribution in [3.05, 3.63) is 11.6 Å². The van der Waals surface area contributed by atoms with E-state index in [1.165, 1.54) is 44.9 Å². The van der Waals surface area contributed by atoms with E-state index in [4.69, 9.17) is 0 Å². The van der Waals surface area contributed by atoms with E-state index in [0.29, 0.717) is 5.41 Å². The molecule has 6 rings (SSSR count). The second-order valence-electron chi connectivity index (χ2n) is 9.46. The van der Waals surface area contributed by atoms with Crippen molar-refractivity contribution in [2.75, 3.05) is 0 Å². The minimum atomic E-state index is -0.0207. The van der Waals surface area contributed by atoms with Crippen molar-refractivity contribution in [3.63, 3.8) is 0 Å². The fraction of sp³-hybridized carbons (Fsp3) is 0.900. The zero-order chi connectivity index (χ0) is 14.4. The van der Waals surface area contributed by atoms with Crippen LogP contribution in [-0.4, -0.2) is 11.2 Å². The van der Waals surface area contributed by atoms with Gasteiger partial charge in [0, 0.05) is 0 Å². The summed E-state index contributed by atoms with van der Waals surface area (Å²) in [6.07, 6.45) is 13.4. The van der Waals surface area contributed by atoms with Crippen LogP contribution in [0, 0.1) is 40.4 Å². The lowest BCUT2D eigenvalue weighted by Gasteiger charge is -2.64. The SMILES string of the molecule is C[C@]12CC[C@H]3[C@@H](CCC4=CC5CC(C5)[C@@]43C)[C@@H]1CC[C@@H]2O. The Morgan fingerprint density at radius 3 is 2.67 bits per heavy atom. The number of aliphatic hydroxyl groups is 1. The van der Waals surface area contributed by atoms with Crippen LogP contribution in [0.3, 0.4) is 0 Å². The molecule has 1 heteroatoms. The summed E-state index contributed by atoms with van der Waals surface area (Å²) < 4.78 is 0. The molecule has 1 N–H and O–H groups in total. The highest BCUT2D eigenvalue weighted by molar-refractivity contribution is 5.30. The summed E-state index contributed by atoms with van der Waals surface area (Å²) in [7, 11) is 0. The average molecular weight is 286 g/mol. The molecule has 6 aliphatic rings. The van der Waals surface area contributed by atoms with Gasteiger partial charge in [0.15, 0.2) is 0 Å². The van der Waals surface area contributed by atoms with Crippen LogP contribution in [0.1, 0.15) is 65.2 Å². The summed E-state index contributed by atoms with van der Waals surface area (Å²) in [6.45, 7) is 5.03. The van der Waals surface area contributed by atoms with Crippen molar-refractivity contribution in [2.24, 2.45) is 40.4 Å². The van der Waals surface area contributed by atoms with Crippen molar-refractivity contribution in [3.8, 4) is 0 Å². The van der Waals surface area contributed by atoms with Gasteiger partial charge in [0.05, 0.1) is 6.10 Å². The molecule has 0 aromatic heterocycles. The summed E-state index contributed by atoms with van der Waals surface area (Å²) in [6, 6.07) is 0. The Hall–Kier alpha value is -0.300. The maximum atomic E-state index is 10.5. The number of hydrogen-bond donors (Lipinski definition) is 1. The van der Waals surface area contributed by atoms with E-state index >= 15 is 0 Å². The molecule has 0 saturated heterocycles. The zero-order valence-electron chi connectivity index (χ0n) is 13.6. The molecule has 6 atom stereocenters. The van der Waals surface area contributed by atoms with Crippen LogP contribution < -0.4 is 0 Å². The molecular formula is C20H30O. The molecule has 116 valence electrons. The Labute approximate surface area is 129 Å². The van der Waals surface area contributed by atoms with Crippen LogP contribution in [0.5, 0.6) is 0 Å². The van der Waals surface area contributed by atoms with Gasteiger partial charge < -0.3 is 5.11 Å². The van der Waals surface area contributed by atoms with Crippen molar-refractivity contribution in [2.45, 2.75) is 71.3 Å². The van der Waals surface area contributed by atoms with Crippen LogP contribution in [0.2, 0.25) is 0 Å².